The van der Waals surface area contributed by atoms with Gasteiger partial charge in [-0.25, -0.2) is 0 Å². The third kappa shape index (κ3) is 3.23. The Kier molecular flexibility index (Phi) is 4.60. The van der Waals surface area contributed by atoms with E-state index in [0.717, 1.165) is 12.5 Å². The third-order valence-electron chi connectivity index (χ3n) is 3.85. The van der Waals surface area contributed by atoms with Gasteiger partial charge < -0.3 is 5.32 Å². The Labute approximate surface area is 111 Å². The van der Waals surface area contributed by atoms with Crippen molar-refractivity contribution >= 4 is 0 Å². The van der Waals surface area contributed by atoms with Crippen LogP contribution in [0.25, 0.3) is 0 Å². The van der Waals surface area contributed by atoms with Crippen LogP contribution in [0.15, 0.2) is 35.9 Å². The second-order valence-corrected chi connectivity index (χ2v) is 5.60. The van der Waals surface area contributed by atoms with E-state index in [4.69, 9.17) is 0 Å². The van der Waals surface area contributed by atoms with Crippen LogP contribution in [-0.2, 0) is 12.8 Å². The van der Waals surface area contributed by atoms with Gasteiger partial charge in [0.05, 0.1) is 0 Å². The van der Waals surface area contributed by atoms with Crippen LogP contribution in [0.3, 0.4) is 0 Å². The van der Waals surface area contributed by atoms with Crippen molar-refractivity contribution in [3.8, 4) is 0 Å². The molecule has 0 heterocycles. The van der Waals surface area contributed by atoms with Crippen LogP contribution >= 0.6 is 0 Å². The Morgan fingerprint density at radius 1 is 1.33 bits per heavy atom. The molecule has 2 unspecified atom stereocenters. The summed E-state index contributed by atoms with van der Waals surface area (Å²) in [6.07, 6.45) is 6.16. The molecule has 2 rings (SSSR count). The van der Waals surface area contributed by atoms with Crippen LogP contribution < -0.4 is 5.32 Å². The van der Waals surface area contributed by atoms with Crippen LogP contribution in [-0.4, -0.2) is 12.6 Å². The summed E-state index contributed by atoms with van der Waals surface area (Å²) in [6, 6.07) is 9.46. The number of likely N-dealkylation sites (N-methyl/N-ethyl adjacent to an activating group) is 1. The number of fused-ring (bicyclic) bond motifs is 1. The van der Waals surface area contributed by atoms with Gasteiger partial charge in [-0.1, -0.05) is 42.8 Å². The van der Waals surface area contributed by atoms with Crippen LogP contribution in [0, 0.1) is 5.92 Å². The van der Waals surface area contributed by atoms with E-state index in [1.54, 1.807) is 11.1 Å². The minimum Gasteiger partial charge on any atom is -0.310 e. The van der Waals surface area contributed by atoms with Gasteiger partial charge in [0.25, 0.3) is 0 Å². The maximum absolute atomic E-state index is 3.64. The molecule has 1 aromatic rings. The molecular formula is C17H25N. The standard InChI is InChI=1S/C17H25N/c1-4-18-17(11-13(2)3)16-10-9-14-7-5-6-8-15(14)12-16/h5-8,11,16-18H,4,9-10,12H2,1-3H3. The number of benzene rings is 1. The molecule has 0 amide bonds. The lowest BCUT2D eigenvalue weighted by atomic mass is 9.79. The maximum atomic E-state index is 3.64. The molecule has 1 aliphatic rings. The number of hydrogen-bond donors (Lipinski definition) is 1. The second kappa shape index (κ2) is 6.19. The highest BCUT2D eigenvalue weighted by Gasteiger charge is 2.24. The van der Waals surface area contributed by atoms with Crippen molar-refractivity contribution in [2.45, 2.75) is 46.1 Å². The van der Waals surface area contributed by atoms with Crippen molar-refractivity contribution < 1.29 is 0 Å². The second-order valence-electron chi connectivity index (χ2n) is 5.60. The van der Waals surface area contributed by atoms with Gasteiger partial charge in [-0.3, -0.25) is 0 Å². The summed E-state index contributed by atoms with van der Waals surface area (Å²) in [6.45, 7) is 7.64. The van der Waals surface area contributed by atoms with E-state index in [0.29, 0.717) is 6.04 Å². The van der Waals surface area contributed by atoms with Crippen LogP contribution in [0.4, 0.5) is 0 Å². The van der Waals surface area contributed by atoms with Gasteiger partial charge in [0, 0.05) is 6.04 Å². The van der Waals surface area contributed by atoms with Gasteiger partial charge in [0.1, 0.15) is 0 Å². The van der Waals surface area contributed by atoms with Gasteiger partial charge in [-0.15, -0.1) is 0 Å². The Balaban J connectivity index is 2.12. The fraction of sp³-hybridized carbons (Fsp3) is 0.529. The Hall–Kier alpha value is -1.08. The average molecular weight is 243 g/mol. The summed E-state index contributed by atoms with van der Waals surface area (Å²) in [7, 11) is 0. The Morgan fingerprint density at radius 2 is 2.06 bits per heavy atom. The molecule has 0 radical (unpaired) electrons. The van der Waals surface area contributed by atoms with E-state index < -0.39 is 0 Å². The highest BCUT2D eigenvalue weighted by Crippen LogP contribution is 2.28. The van der Waals surface area contributed by atoms with E-state index in [2.05, 4.69) is 56.4 Å². The van der Waals surface area contributed by atoms with E-state index in [1.807, 2.05) is 0 Å². The van der Waals surface area contributed by atoms with Gasteiger partial charge in [-0.05, 0) is 56.7 Å². The first-order valence-electron chi connectivity index (χ1n) is 7.16. The number of rotatable bonds is 4. The predicted octanol–water partition coefficient (Wildman–Crippen LogP) is 3.74. The highest BCUT2D eigenvalue weighted by molar-refractivity contribution is 5.30. The van der Waals surface area contributed by atoms with Crippen molar-refractivity contribution in [2.24, 2.45) is 5.92 Å². The number of aryl methyl sites for hydroxylation is 1. The van der Waals surface area contributed by atoms with Crippen molar-refractivity contribution in [1.29, 1.82) is 0 Å². The third-order valence-corrected chi connectivity index (χ3v) is 3.85. The van der Waals surface area contributed by atoms with Crippen LogP contribution in [0.5, 0.6) is 0 Å². The number of hydrogen-bond acceptors (Lipinski definition) is 1. The molecule has 1 nitrogen and oxygen atoms in total. The zero-order chi connectivity index (χ0) is 13.0. The van der Waals surface area contributed by atoms with Gasteiger partial charge >= 0.3 is 0 Å². The molecule has 1 aromatic carbocycles. The Bertz CT molecular complexity index is 415. The molecule has 2 atom stereocenters. The Morgan fingerprint density at radius 3 is 2.72 bits per heavy atom. The minimum absolute atomic E-state index is 0.536. The molecule has 1 aliphatic carbocycles. The molecule has 0 bridgehead atoms. The first kappa shape index (κ1) is 13.4. The monoisotopic (exact) mass is 243 g/mol. The fourth-order valence-corrected chi connectivity index (χ4v) is 2.99. The summed E-state index contributed by atoms with van der Waals surface area (Å²) in [5.74, 6) is 0.745. The van der Waals surface area contributed by atoms with E-state index in [9.17, 15) is 0 Å². The molecule has 0 aliphatic heterocycles. The first-order chi connectivity index (χ1) is 8.70. The van der Waals surface area contributed by atoms with Gasteiger partial charge in [-0.2, -0.15) is 0 Å². The normalized spacial score (nSPS) is 20.1. The van der Waals surface area contributed by atoms with E-state index in [-0.39, 0.29) is 0 Å². The summed E-state index contributed by atoms with van der Waals surface area (Å²) in [5, 5.41) is 3.64. The summed E-state index contributed by atoms with van der Waals surface area (Å²) < 4.78 is 0. The predicted molar refractivity (Wildman–Crippen MR) is 78.9 cm³/mol. The lowest BCUT2D eigenvalue weighted by Gasteiger charge is -2.30. The summed E-state index contributed by atoms with van der Waals surface area (Å²) in [4.78, 5) is 0. The van der Waals surface area contributed by atoms with E-state index in [1.165, 1.54) is 24.8 Å². The molecule has 18 heavy (non-hydrogen) atoms. The van der Waals surface area contributed by atoms with Crippen LogP contribution in [0.1, 0.15) is 38.3 Å². The van der Waals surface area contributed by atoms with Crippen molar-refractivity contribution in [3.05, 3.63) is 47.0 Å². The van der Waals surface area contributed by atoms with Gasteiger partial charge in [0.2, 0.25) is 0 Å². The lowest BCUT2D eigenvalue weighted by molar-refractivity contribution is 0.368. The molecule has 0 saturated heterocycles. The summed E-state index contributed by atoms with van der Waals surface area (Å²) in [5.41, 5.74) is 4.53. The maximum Gasteiger partial charge on any atom is 0.0283 e. The topological polar surface area (TPSA) is 12.0 Å². The van der Waals surface area contributed by atoms with Crippen molar-refractivity contribution in [3.63, 3.8) is 0 Å². The molecule has 1 heteroatoms. The SMILES string of the molecule is CCNC(C=C(C)C)C1CCc2ccccc2C1. The van der Waals surface area contributed by atoms with Crippen molar-refractivity contribution in [2.75, 3.05) is 6.54 Å². The largest absolute Gasteiger partial charge is 0.310 e. The zero-order valence-electron chi connectivity index (χ0n) is 11.9. The summed E-state index contributed by atoms with van der Waals surface area (Å²) >= 11 is 0. The molecular weight excluding hydrogens is 218 g/mol. The number of allylic oxidation sites excluding steroid dienone is 1. The fourth-order valence-electron chi connectivity index (χ4n) is 2.99. The first-order valence-corrected chi connectivity index (χ1v) is 7.16. The minimum atomic E-state index is 0.536. The molecule has 98 valence electrons. The van der Waals surface area contributed by atoms with Gasteiger partial charge in [0.15, 0.2) is 0 Å². The molecule has 0 aromatic heterocycles. The number of nitrogens with one attached hydrogen (secondary N) is 1. The smallest absolute Gasteiger partial charge is 0.0283 e. The lowest BCUT2D eigenvalue weighted by Crippen LogP contribution is -2.37. The average Bonchev–Trinajstić information content (AvgIpc) is 2.37. The van der Waals surface area contributed by atoms with Crippen LogP contribution in [0.2, 0.25) is 0 Å². The molecule has 0 spiro atoms. The van der Waals surface area contributed by atoms with Crippen molar-refractivity contribution in [1.82, 2.24) is 5.32 Å². The quantitative estimate of drug-likeness (QED) is 0.794. The molecule has 1 N–H and O–H groups in total. The molecule has 0 saturated carbocycles. The zero-order valence-corrected chi connectivity index (χ0v) is 11.9. The molecule has 0 fully saturated rings. The highest BCUT2D eigenvalue weighted by atomic mass is 14.9. The van der Waals surface area contributed by atoms with E-state index >= 15 is 0 Å².